The van der Waals surface area contributed by atoms with Crippen molar-refractivity contribution >= 4 is 0 Å². The maximum Gasteiger partial charge on any atom is 0 e. The predicted molar refractivity (Wildman–Crippen MR) is 0.686 cm³/mol. The van der Waals surface area contributed by atoms with Crippen LogP contribution in [-0.4, -0.2) is 0 Å². The molecule has 0 aliphatic heterocycles. The van der Waals surface area contributed by atoms with Gasteiger partial charge in [-0.25, -0.2) is 0 Å². The monoisotopic (exact) mass is 340 g/mol. The summed E-state index contributed by atoms with van der Waals surface area (Å²) >= 11 is 0. The van der Waals surface area contributed by atoms with Crippen molar-refractivity contribution in [2.75, 3.05) is 0 Å². The van der Waals surface area contributed by atoms with Crippen molar-refractivity contribution in [3.63, 3.8) is 0 Å². The molecule has 0 aromatic heterocycles. The van der Waals surface area contributed by atoms with E-state index in [1.54, 1.807) is 0 Å². The molecule has 0 amide bonds. The van der Waals surface area contributed by atoms with E-state index in [1.807, 2.05) is 0 Å². The van der Waals surface area contributed by atoms with E-state index in [0.717, 1.165) is 0 Å². The minimum absolute atomic E-state index is 0. The first-order chi connectivity index (χ1) is 0. The Morgan fingerprint density at radius 2 is 0.500 bits per heavy atom. The van der Waals surface area contributed by atoms with Gasteiger partial charge in [0.2, 0.25) is 0 Å². The molecule has 0 saturated heterocycles. The molecule has 0 spiro atoms. The van der Waals surface area contributed by atoms with Crippen molar-refractivity contribution in [1.82, 2.24) is 0 Å². The molecule has 0 rings (SSSR count). The van der Waals surface area contributed by atoms with Crippen LogP contribution in [0, 0.1) is 0 Å². The van der Waals surface area contributed by atoms with E-state index in [0.29, 0.717) is 0 Å². The minimum Gasteiger partial charge on any atom is -2.00 e. The van der Waals surface area contributed by atoms with Crippen molar-refractivity contribution in [2.45, 2.75) is 0 Å². The van der Waals surface area contributed by atoms with Gasteiger partial charge in [-0.3, -0.25) is 0 Å². The van der Waals surface area contributed by atoms with Crippen LogP contribution in [0.5, 0.6) is 0 Å². The summed E-state index contributed by atoms with van der Waals surface area (Å²) in [5, 5.41) is 0. The summed E-state index contributed by atoms with van der Waals surface area (Å²) < 4.78 is 0. The minimum atomic E-state index is 0. The Morgan fingerprint density at radius 3 is 0.500 bits per heavy atom. The molecule has 0 unspecified atom stereocenters. The standard InChI is InChI=1S/4ClH.O.W/h4*1H;;/q;;;;-2;/p-4. The average molecular weight is 342 g/mol. The van der Waals surface area contributed by atoms with Gasteiger partial charge < -0.3 is 55.1 Å². The van der Waals surface area contributed by atoms with E-state index in [9.17, 15) is 0 Å². The van der Waals surface area contributed by atoms with Crippen molar-refractivity contribution in [2.24, 2.45) is 0 Å². The second kappa shape index (κ2) is 70.2. The summed E-state index contributed by atoms with van der Waals surface area (Å²) in [6.45, 7) is 0. The van der Waals surface area contributed by atoms with Crippen molar-refractivity contribution in [1.29, 1.82) is 0 Å². The summed E-state index contributed by atoms with van der Waals surface area (Å²) in [6, 6.07) is 0. The van der Waals surface area contributed by atoms with E-state index >= 15 is 0 Å². The first kappa shape index (κ1) is 111. The van der Waals surface area contributed by atoms with Crippen LogP contribution in [0.25, 0.3) is 0 Å². The Bertz CT molecular complexity index is 7.51. The van der Waals surface area contributed by atoms with Gasteiger partial charge in [0, 0.05) is 21.1 Å². The van der Waals surface area contributed by atoms with Crippen LogP contribution < -0.4 is 49.6 Å². The van der Waals surface area contributed by atoms with Crippen molar-refractivity contribution < 1.29 is 76.2 Å². The third kappa shape index (κ3) is 41.1. The molecule has 0 aromatic carbocycles. The first-order valence-electron chi connectivity index (χ1n) is 0. The Kier molecular flexibility index (Phi) is 1300. The molecule has 0 aromatic rings. The van der Waals surface area contributed by atoms with E-state index in [2.05, 4.69) is 0 Å². The second-order valence-corrected chi connectivity index (χ2v) is 0. The Morgan fingerprint density at radius 1 is 0.500 bits per heavy atom. The summed E-state index contributed by atoms with van der Waals surface area (Å²) in [5.41, 5.74) is 0. The molecule has 1 nitrogen and oxygen atoms in total. The fraction of sp³-hybridized carbons (Fsp3) is 0. The van der Waals surface area contributed by atoms with Crippen LogP contribution in [0.1, 0.15) is 0 Å². The van der Waals surface area contributed by atoms with Crippen LogP contribution in [0.4, 0.5) is 0 Å². The van der Waals surface area contributed by atoms with Crippen LogP contribution in [-0.2, 0) is 26.5 Å². The van der Waals surface area contributed by atoms with Crippen LogP contribution >= 0.6 is 0 Å². The van der Waals surface area contributed by atoms with Gasteiger partial charge in [0.1, 0.15) is 0 Å². The quantitative estimate of drug-likeness (QED) is 0.419. The predicted octanol–water partition coefficient (Wildman–Crippen LogP) is -12.1. The summed E-state index contributed by atoms with van der Waals surface area (Å²) in [6.07, 6.45) is 0. The van der Waals surface area contributed by atoms with Crippen molar-refractivity contribution in [3.05, 3.63) is 0 Å². The molecule has 6 heavy (non-hydrogen) atoms. The largest absolute Gasteiger partial charge is 2.00 e. The van der Waals surface area contributed by atoms with E-state index in [-0.39, 0.29) is 76.2 Å². The summed E-state index contributed by atoms with van der Waals surface area (Å²) in [7, 11) is 0. The third-order valence-corrected chi connectivity index (χ3v) is 0. The topological polar surface area (TPSA) is 28.5 Å². The molecule has 0 atom stereocenters. The molecule has 0 heterocycles. The maximum absolute atomic E-state index is 0. The van der Waals surface area contributed by atoms with Gasteiger partial charge in [-0.05, 0) is 0 Å². The second-order valence-electron chi connectivity index (χ2n) is 0. The molecule has 0 saturated carbocycles. The molecular formula is Cl4OW-6. The molecule has 0 aliphatic rings. The zero-order valence-corrected chi connectivity index (χ0v) is 8.29. The molecule has 0 bridgehead atoms. The molecule has 6 heteroatoms. The van der Waals surface area contributed by atoms with Gasteiger partial charge in [-0.1, -0.05) is 0 Å². The maximum atomic E-state index is 0. The molecule has 0 N–H and O–H groups in total. The van der Waals surface area contributed by atoms with Gasteiger partial charge >= 0.3 is 0 Å². The fourth-order valence-corrected chi connectivity index (χ4v) is 0. The van der Waals surface area contributed by atoms with Gasteiger partial charge in [-0.15, -0.1) is 0 Å². The zero-order valence-electron chi connectivity index (χ0n) is 2.33. The molecule has 46 valence electrons. The van der Waals surface area contributed by atoms with Crippen LogP contribution in [0.3, 0.4) is 0 Å². The number of hydrogen-bond acceptors (Lipinski definition) is 0. The molecule has 0 fully saturated rings. The van der Waals surface area contributed by atoms with Crippen LogP contribution in [0.2, 0.25) is 0 Å². The third-order valence-electron chi connectivity index (χ3n) is 0. The van der Waals surface area contributed by atoms with E-state index in [1.165, 1.54) is 0 Å². The van der Waals surface area contributed by atoms with Crippen LogP contribution in [0.15, 0.2) is 0 Å². The number of halogens is 4. The fourth-order valence-electron chi connectivity index (χ4n) is 0. The number of hydrogen-bond donors (Lipinski definition) is 0. The van der Waals surface area contributed by atoms with Gasteiger partial charge in [0.15, 0.2) is 0 Å². The van der Waals surface area contributed by atoms with E-state index < -0.39 is 0 Å². The number of rotatable bonds is 0. The Hall–Kier alpha value is 1.81. The zero-order chi connectivity index (χ0) is 0. The van der Waals surface area contributed by atoms with Gasteiger partial charge in [0.05, 0.1) is 0 Å². The molecule has 0 radical (unpaired) electrons. The molecular weight excluding hydrogens is 342 g/mol. The summed E-state index contributed by atoms with van der Waals surface area (Å²) in [5.74, 6) is 0. The SMILES string of the molecule is [Cl-].[Cl-].[Cl-].[Cl-].[O-2].[W]. The smallest absolute Gasteiger partial charge is 0 e. The average Bonchev–Trinajstić information content (AvgIpc) is 0. The Labute approximate surface area is 75.8 Å². The molecule has 0 aliphatic carbocycles. The summed E-state index contributed by atoms with van der Waals surface area (Å²) in [4.78, 5) is 0. The van der Waals surface area contributed by atoms with E-state index in [4.69, 9.17) is 0 Å². The Balaban J connectivity index is 0. The van der Waals surface area contributed by atoms with Gasteiger partial charge in [-0.2, -0.15) is 0 Å². The van der Waals surface area contributed by atoms with Gasteiger partial charge in [0.25, 0.3) is 0 Å². The normalized spacial score (nSPS) is 0. The first-order valence-corrected chi connectivity index (χ1v) is 0. The van der Waals surface area contributed by atoms with Crippen molar-refractivity contribution in [3.8, 4) is 0 Å².